The van der Waals surface area contributed by atoms with E-state index in [2.05, 4.69) is 10.2 Å². The van der Waals surface area contributed by atoms with Crippen LogP contribution in [0.5, 0.6) is 5.75 Å². The minimum absolute atomic E-state index is 0.254. The highest BCUT2D eigenvalue weighted by Crippen LogP contribution is 2.27. The van der Waals surface area contributed by atoms with E-state index in [1.54, 1.807) is 20.1 Å². The molecule has 1 aromatic heterocycles. The number of hydrogen-bond acceptors (Lipinski definition) is 5. The zero-order valence-corrected chi connectivity index (χ0v) is 12.9. The van der Waals surface area contributed by atoms with E-state index in [9.17, 15) is 8.42 Å². The topological polar surface area (TPSA) is 74.1 Å². The van der Waals surface area contributed by atoms with Gasteiger partial charge in [-0.25, -0.2) is 8.42 Å². The van der Waals surface area contributed by atoms with Crippen molar-refractivity contribution in [3.05, 3.63) is 23.8 Å². The van der Waals surface area contributed by atoms with Crippen LogP contribution in [-0.4, -0.2) is 30.3 Å². The number of rotatable bonds is 4. The number of benzene rings is 1. The molecule has 1 heterocycles. The fourth-order valence-corrected chi connectivity index (χ4v) is 2.89. The third-order valence-electron chi connectivity index (χ3n) is 2.92. The highest BCUT2D eigenvalue weighted by molar-refractivity contribution is 8.13. The molecule has 0 unspecified atom stereocenters. The number of hydrogen-bond donors (Lipinski definition) is 0. The molecule has 0 spiro atoms. The third kappa shape index (κ3) is 2.64. The second kappa shape index (κ2) is 5.41. The van der Waals surface area contributed by atoms with Gasteiger partial charge >= 0.3 is 0 Å². The lowest BCUT2D eigenvalue weighted by Gasteiger charge is -2.09. The lowest BCUT2D eigenvalue weighted by Crippen LogP contribution is -2.06. The third-order valence-corrected chi connectivity index (χ3v) is 4.07. The van der Waals surface area contributed by atoms with Crippen molar-refractivity contribution in [2.24, 2.45) is 0 Å². The van der Waals surface area contributed by atoms with E-state index in [1.807, 2.05) is 19.1 Å². The minimum atomic E-state index is -3.93. The Bertz CT molecular complexity index is 740. The van der Waals surface area contributed by atoms with Crippen molar-refractivity contribution in [1.82, 2.24) is 14.8 Å². The largest absolute Gasteiger partial charge is 0.496 e. The Labute approximate surface area is 121 Å². The van der Waals surface area contributed by atoms with Crippen LogP contribution in [0.25, 0.3) is 11.4 Å². The van der Waals surface area contributed by atoms with Crippen LogP contribution in [0.1, 0.15) is 12.5 Å². The first-order chi connectivity index (χ1) is 9.38. The van der Waals surface area contributed by atoms with Crippen LogP contribution >= 0.6 is 10.7 Å². The van der Waals surface area contributed by atoms with Gasteiger partial charge in [0, 0.05) is 22.8 Å². The standard InChI is InChI=1S/C12H14ClN3O3S/c1-4-16-11(14-15-12(16)20(13,17)18)9-6-5-8(2)10(7-9)19-3/h5-7H,4H2,1-3H3. The molecule has 0 radical (unpaired) electrons. The van der Waals surface area contributed by atoms with Crippen LogP contribution < -0.4 is 4.74 Å². The lowest BCUT2D eigenvalue weighted by molar-refractivity contribution is 0.412. The van der Waals surface area contributed by atoms with Gasteiger partial charge < -0.3 is 4.74 Å². The quantitative estimate of drug-likeness (QED) is 0.809. The van der Waals surface area contributed by atoms with E-state index in [-0.39, 0.29) is 5.16 Å². The maximum absolute atomic E-state index is 11.5. The number of aromatic nitrogens is 3. The van der Waals surface area contributed by atoms with Crippen LogP contribution in [0.15, 0.2) is 23.4 Å². The highest BCUT2D eigenvalue weighted by Gasteiger charge is 2.22. The fourth-order valence-electron chi connectivity index (χ4n) is 1.93. The van der Waals surface area contributed by atoms with Crippen molar-refractivity contribution in [2.45, 2.75) is 25.5 Å². The molecule has 0 fully saturated rings. The Morgan fingerprint density at radius 1 is 1.35 bits per heavy atom. The van der Waals surface area contributed by atoms with Gasteiger partial charge in [0.05, 0.1) is 7.11 Å². The molecule has 1 aromatic carbocycles. The summed E-state index contributed by atoms with van der Waals surface area (Å²) in [6, 6.07) is 5.49. The van der Waals surface area contributed by atoms with Gasteiger partial charge in [-0.1, -0.05) is 12.1 Å². The van der Waals surface area contributed by atoms with E-state index in [0.29, 0.717) is 23.7 Å². The van der Waals surface area contributed by atoms with Gasteiger partial charge in [-0.15, -0.1) is 10.2 Å². The molecule has 6 nitrogen and oxygen atoms in total. The summed E-state index contributed by atoms with van der Waals surface area (Å²) >= 11 is 0. The molecule has 0 amide bonds. The normalized spacial score (nSPS) is 11.6. The van der Waals surface area contributed by atoms with Gasteiger partial charge in [0.1, 0.15) is 5.75 Å². The van der Waals surface area contributed by atoms with Crippen LogP contribution in [0, 0.1) is 6.92 Å². The molecule has 0 saturated carbocycles. The van der Waals surface area contributed by atoms with E-state index >= 15 is 0 Å². The fraction of sp³-hybridized carbons (Fsp3) is 0.333. The molecule has 2 rings (SSSR count). The Balaban J connectivity index is 2.62. The SMILES string of the molecule is CCn1c(-c2ccc(C)c(OC)c2)nnc1S(=O)(=O)Cl. The van der Waals surface area contributed by atoms with Crippen molar-refractivity contribution in [3.63, 3.8) is 0 Å². The molecule has 108 valence electrons. The second-order valence-corrected chi connectivity index (χ2v) is 6.63. The van der Waals surface area contributed by atoms with E-state index in [0.717, 1.165) is 5.56 Å². The van der Waals surface area contributed by atoms with Crippen LogP contribution in [0.2, 0.25) is 0 Å². The summed E-state index contributed by atoms with van der Waals surface area (Å²) < 4.78 is 29.6. The van der Waals surface area contributed by atoms with Crippen molar-refractivity contribution in [3.8, 4) is 17.1 Å². The number of ether oxygens (including phenoxy) is 1. The summed E-state index contributed by atoms with van der Waals surface area (Å²) in [4.78, 5) is 0. The lowest BCUT2D eigenvalue weighted by atomic mass is 10.1. The predicted molar refractivity (Wildman–Crippen MR) is 75.5 cm³/mol. The molecule has 0 aliphatic heterocycles. The van der Waals surface area contributed by atoms with Gasteiger partial charge in [-0.2, -0.15) is 0 Å². The molecule has 8 heteroatoms. The molecule has 2 aromatic rings. The molecular formula is C12H14ClN3O3S. The maximum Gasteiger partial charge on any atom is 0.296 e. The highest BCUT2D eigenvalue weighted by atomic mass is 35.7. The molecule has 0 aliphatic carbocycles. The zero-order valence-electron chi connectivity index (χ0n) is 11.3. The maximum atomic E-state index is 11.5. The summed E-state index contributed by atoms with van der Waals surface area (Å²) in [5, 5.41) is 7.33. The van der Waals surface area contributed by atoms with Crippen molar-refractivity contribution in [1.29, 1.82) is 0 Å². The average molecular weight is 316 g/mol. The van der Waals surface area contributed by atoms with Crippen molar-refractivity contribution >= 4 is 19.7 Å². The van der Waals surface area contributed by atoms with Gasteiger partial charge in [0.2, 0.25) is 0 Å². The van der Waals surface area contributed by atoms with E-state index in [1.165, 1.54) is 4.57 Å². The predicted octanol–water partition coefficient (Wildman–Crippen LogP) is 2.21. The summed E-state index contributed by atoms with van der Waals surface area (Å²) in [7, 11) is 3.00. The molecule has 0 atom stereocenters. The molecule has 0 bridgehead atoms. The Morgan fingerprint density at radius 3 is 2.60 bits per heavy atom. The first-order valence-electron chi connectivity index (χ1n) is 5.91. The number of aryl methyl sites for hydroxylation is 1. The van der Waals surface area contributed by atoms with Crippen molar-refractivity contribution in [2.75, 3.05) is 7.11 Å². The second-order valence-electron chi connectivity index (χ2n) is 4.17. The van der Waals surface area contributed by atoms with Crippen LogP contribution in [0.3, 0.4) is 0 Å². The first-order valence-corrected chi connectivity index (χ1v) is 8.22. The van der Waals surface area contributed by atoms with Crippen LogP contribution in [-0.2, 0) is 15.6 Å². The molecule has 0 N–H and O–H groups in total. The molecule has 20 heavy (non-hydrogen) atoms. The Hall–Kier alpha value is -1.60. The number of halogens is 1. The van der Waals surface area contributed by atoms with Crippen molar-refractivity contribution < 1.29 is 13.2 Å². The number of methoxy groups -OCH3 is 1. The van der Waals surface area contributed by atoms with E-state index in [4.69, 9.17) is 15.4 Å². The number of nitrogens with zero attached hydrogens (tertiary/aromatic N) is 3. The monoisotopic (exact) mass is 315 g/mol. The van der Waals surface area contributed by atoms with Gasteiger partial charge in [-0.05, 0) is 25.5 Å². The van der Waals surface area contributed by atoms with Gasteiger partial charge in [0.25, 0.3) is 14.2 Å². The van der Waals surface area contributed by atoms with E-state index < -0.39 is 9.05 Å². The Kier molecular flexibility index (Phi) is 4.01. The zero-order chi connectivity index (χ0) is 14.9. The Morgan fingerprint density at radius 2 is 2.05 bits per heavy atom. The average Bonchev–Trinajstić information content (AvgIpc) is 2.83. The van der Waals surface area contributed by atoms with Crippen LogP contribution in [0.4, 0.5) is 0 Å². The summed E-state index contributed by atoms with van der Waals surface area (Å²) in [6.07, 6.45) is 0. The van der Waals surface area contributed by atoms with Gasteiger partial charge in [0.15, 0.2) is 5.82 Å². The molecule has 0 saturated heterocycles. The van der Waals surface area contributed by atoms with Gasteiger partial charge in [-0.3, -0.25) is 4.57 Å². The first kappa shape index (κ1) is 14.8. The summed E-state index contributed by atoms with van der Waals surface area (Å²) in [6.45, 7) is 4.10. The molecule has 0 aliphatic rings. The smallest absolute Gasteiger partial charge is 0.296 e. The molecular weight excluding hydrogens is 302 g/mol. The minimum Gasteiger partial charge on any atom is -0.496 e. The summed E-state index contributed by atoms with van der Waals surface area (Å²) in [5.74, 6) is 1.13. The summed E-state index contributed by atoms with van der Waals surface area (Å²) in [5.41, 5.74) is 1.69.